The third-order valence-electron chi connectivity index (χ3n) is 5.42. The quantitative estimate of drug-likeness (QED) is 0.678. The van der Waals surface area contributed by atoms with Gasteiger partial charge in [-0.15, -0.1) is 0 Å². The number of anilines is 2. The first-order valence-electron chi connectivity index (χ1n) is 10.2. The number of para-hydroxylation sites is 2. The molecule has 1 N–H and O–H groups in total. The average Bonchev–Trinajstić information content (AvgIpc) is 2.79. The number of hydrogen-bond donors (Lipinski definition) is 1. The van der Waals surface area contributed by atoms with Gasteiger partial charge in [-0.1, -0.05) is 18.2 Å². The maximum absolute atomic E-state index is 13.4. The van der Waals surface area contributed by atoms with E-state index in [0.29, 0.717) is 5.56 Å². The summed E-state index contributed by atoms with van der Waals surface area (Å²) < 4.78 is 13.4. The van der Waals surface area contributed by atoms with Gasteiger partial charge in [-0.3, -0.25) is 14.7 Å². The maximum Gasteiger partial charge on any atom is 0.255 e. The van der Waals surface area contributed by atoms with Crippen molar-refractivity contribution < 1.29 is 9.18 Å². The summed E-state index contributed by atoms with van der Waals surface area (Å²) in [6.45, 7) is 4.75. The number of carbonyl (C=O) groups is 1. The molecule has 5 nitrogen and oxygen atoms in total. The fourth-order valence-corrected chi connectivity index (χ4v) is 3.73. The van der Waals surface area contributed by atoms with Crippen LogP contribution in [0.3, 0.4) is 0 Å². The van der Waals surface area contributed by atoms with E-state index in [1.165, 1.54) is 17.7 Å². The second-order valence-electron chi connectivity index (χ2n) is 7.42. The Morgan fingerprint density at radius 2 is 1.73 bits per heavy atom. The van der Waals surface area contributed by atoms with Crippen LogP contribution in [0.1, 0.15) is 15.9 Å². The Morgan fingerprint density at radius 1 is 0.967 bits per heavy atom. The van der Waals surface area contributed by atoms with Crippen LogP contribution in [0.15, 0.2) is 73.1 Å². The molecule has 30 heavy (non-hydrogen) atoms. The van der Waals surface area contributed by atoms with Crippen LogP contribution in [0.25, 0.3) is 0 Å². The van der Waals surface area contributed by atoms with E-state index in [4.69, 9.17) is 0 Å². The normalized spacial score (nSPS) is 14.5. The molecule has 0 spiro atoms. The van der Waals surface area contributed by atoms with Crippen LogP contribution in [0.5, 0.6) is 0 Å². The smallest absolute Gasteiger partial charge is 0.255 e. The van der Waals surface area contributed by atoms with Crippen molar-refractivity contribution in [3.8, 4) is 0 Å². The first-order chi connectivity index (χ1) is 14.7. The van der Waals surface area contributed by atoms with E-state index in [0.717, 1.165) is 50.5 Å². The third-order valence-corrected chi connectivity index (χ3v) is 5.42. The lowest BCUT2D eigenvalue weighted by Crippen LogP contribution is -2.47. The van der Waals surface area contributed by atoms with E-state index in [1.807, 2.05) is 36.7 Å². The van der Waals surface area contributed by atoms with Crippen LogP contribution >= 0.6 is 0 Å². The number of nitrogens with zero attached hydrogens (tertiary/aromatic N) is 3. The van der Waals surface area contributed by atoms with Gasteiger partial charge in [0, 0.05) is 50.7 Å². The minimum Gasteiger partial charge on any atom is -0.367 e. The van der Waals surface area contributed by atoms with Crippen molar-refractivity contribution >= 4 is 17.3 Å². The highest BCUT2D eigenvalue weighted by molar-refractivity contribution is 6.05. The molecule has 0 bridgehead atoms. The Labute approximate surface area is 176 Å². The first kappa shape index (κ1) is 20.0. The van der Waals surface area contributed by atoms with Gasteiger partial charge in [-0.05, 0) is 54.4 Å². The zero-order chi connectivity index (χ0) is 20.8. The Bertz CT molecular complexity index is 987. The molecule has 1 amide bonds. The highest BCUT2D eigenvalue weighted by atomic mass is 19.1. The third kappa shape index (κ3) is 5.02. The molecule has 2 aromatic carbocycles. The molecule has 0 atom stereocenters. The molecule has 4 rings (SSSR count). The number of rotatable bonds is 6. The number of pyridine rings is 1. The highest BCUT2D eigenvalue weighted by Crippen LogP contribution is 2.27. The summed E-state index contributed by atoms with van der Waals surface area (Å²) in [4.78, 5) is 21.4. The predicted octanol–water partition coefficient (Wildman–Crippen LogP) is 3.84. The molecular weight excluding hydrogens is 379 g/mol. The minimum atomic E-state index is -0.418. The van der Waals surface area contributed by atoms with E-state index >= 15 is 0 Å². The lowest BCUT2D eigenvalue weighted by molar-refractivity contribution is 0.102. The van der Waals surface area contributed by atoms with Crippen molar-refractivity contribution in [2.75, 3.05) is 42.9 Å². The topological polar surface area (TPSA) is 48.5 Å². The van der Waals surface area contributed by atoms with Crippen LogP contribution in [-0.4, -0.2) is 48.5 Å². The molecule has 6 heteroatoms. The van der Waals surface area contributed by atoms with E-state index in [2.05, 4.69) is 32.2 Å². The SMILES string of the molecule is O=C(Nc1ccccc1N1CCN(CCc2ccncc2)CC1)c1cccc(F)c1. The number of nitrogens with one attached hydrogen (secondary N) is 1. The van der Waals surface area contributed by atoms with Gasteiger partial charge in [-0.25, -0.2) is 4.39 Å². The predicted molar refractivity (Wildman–Crippen MR) is 117 cm³/mol. The molecule has 0 saturated carbocycles. The summed E-state index contributed by atoms with van der Waals surface area (Å²) in [7, 11) is 0. The zero-order valence-electron chi connectivity index (χ0n) is 16.8. The zero-order valence-corrected chi connectivity index (χ0v) is 16.8. The molecule has 1 aromatic heterocycles. The second kappa shape index (κ2) is 9.50. The molecule has 2 heterocycles. The van der Waals surface area contributed by atoms with Crippen molar-refractivity contribution in [2.24, 2.45) is 0 Å². The van der Waals surface area contributed by atoms with E-state index in [9.17, 15) is 9.18 Å². The largest absolute Gasteiger partial charge is 0.367 e. The molecular formula is C24H25FN4O. The molecule has 0 aliphatic carbocycles. The van der Waals surface area contributed by atoms with Crippen LogP contribution in [0, 0.1) is 5.82 Å². The lowest BCUT2D eigenvalue weighted by atomic mass is 10.1. The van der Waals surface area contributed by atoms with Gasteiger partial charge >= 0.3 is 0 Å². The summed E-state index contributed by atoms with van der Waals surface area (Å²) in [5, 5.41) is 2.94. The van der Waals surface area contributed by atoms with Gasteiger partial charge in [0.1, 0.15) is 5.82 Å². The molecule has 1 fully saturated rings. The number of piperazine rings is 1. The van der Waals surface area contributed by atoms with Crippen molar-refractivity contribution in [1.82, 2.24) is 9.88 Å². The van der Waals surface area contributed by atoms with Crippen molar-refractivity contribution in [3.05, 3.63) is 90.0 Å². The monoisotopic (exact) mass is 404 g/mol. The van der Waals surface area contributed by atoms with Gasteiger partial charge in [0.25, 0.3) is 5.91 Å². The number of amides is 1. The fourth-order valence-electron chi connectivity index (χ4n) is 3.73. The highest BCUT2D eigenvalue weighted by Gasteiger charge is 2.20. The van der Waals surface area contributed by atoms with Gasteiger partial charge in [0.05, 0.1) is 11.4 Å². The minimum absolute atomic E-state index is 0.307. The van der Waals surface area contributed by atoms with Crippen molar-refractivity contribution in [2.45, 2.75) is 6.42 Å². The summed E-state index contributed by atoms with van der Waals surface area (Å²) in [6.07, 6.45) is 4.69. The number of hydrogen-bond acceptors (Lipinski definition) is 4. The van der Waals surface area contributed by atoms with E-state index in [-0.39, 0.29) is 5.91 Å². The average molecular weight is 404 g/mol. The molecule has 1 aliphatic rings. The van der Waals surface area contributed by atoms with Gasteiger partial charge in [0.15, 0.2) is 0 Å². The fraction of sp³-hybridized carbons (Fsp3) is 0.250. The Kier molecular flexibility index (Phi) is 6.35. The van der Waals surface area contributed by atoms with Crippen LogP contribution in [-0.2, 0) is 6.42 Å². The second-order valence-corrected chi connectivity index (χ2v) is 7.42. The van der Waals surface area contributed by atoms with Gasteiger partial charge in [-0.2, -0.15) is 0 Å². The van der Waals surface area contributed by atoms with Crippen molar-refractivity contribution in [3.63, 3.8) is 0 Å². The summed E-state index contributed by atoms with van der Waals surface area (Å²) in [5.74, 6) is -0.725. The lowest BCUT2D eigenvalue weighted by Gasteiger charge is -2.37. The number of aromatic nitrogens is 1. The Hall–Kier alpha value is -3.25. The van der Waals surface area contributed by atoms with E-state index < -0.39 is 5.82 Å². The molecule has 154 valence electrons. The number of halogens is 1. The van der Waals surface area contributed by atoms with Crippen LogP contribution < -0.4 is 10.2 Å². The molecule has 0 unspecified atom stereocenters. The van der Waals surface area contributed by atoms with Crippen LogP contribution in [0.4, 0.5) is 15.8 Å². The summed E-state index contributed by atoms with van der Waals surface area (Å²) in [6, 6.07) is 17.7. The summed E-state index contributed by atoms with van der Waals surface area (Å²) >= 11 is 0. The van der Waals surface area contributed by atoms with Gasteiger partial charge in [0.2, 0.25) is 0 Å². The first-order valence-corrected chi connectivity index (χ1v) is 10.2. The number of carbonyl (C=O) groups excluding carboxylic acids is 1. The number of benzene rings is 2. The maximum atomic E-state index is 13.4. The molecule has 1 aliphatic heterocycles. The van der Waals surface area contributed by atoms with Crippen molar-refractivity contribution in [1.29, 1.82) is 0 Å². The molecule has 1 saturated heterocycles. The summed E-state index contributed by atoms with van der Waals surface area (Å²) in [5.41, 5.74) is 3.36. The van der Waals surface area contributed by atoms with Gasteiger partial charge < -0.3 is 10.2 Å². The Morgan fingerprint density at radius 3 is 2.50 bits per heavy atom. The Balaban J connectivity index is 1.36. The molecule has 0 radical (unpaired) electrons. The standard InChI is InChI=1S/C24H25FN4O/c25-21-5-3-4-20(18-21)24(30)27-22-6-1-2-7-23(22)29-16-14-28(15-17-29)13-10-19-8-11-26-12-9-19/h1-9,11-12,18H,10,13-17H2,(H,27,30). The van der Waals surface area contributed by atoms with E-state index in [1.54, 1.807) is 12.1 Å². The molecule has 3 aromatic rings. The van der Waals surface area contributed by atoms with Crippen LogP contribution in [0.2, 0.25) is 0 Å².